The van der Waals surface area contributed by atoms with Crippen LogP contribution in [0.4, 0.5) is 4.39 Å². The maximum atomic E-state index is 13.2. The molecule has 0 saturated carbocycles. The Balaban J connectivity index is 2.22. The summed E-state index contributed by atoms with van der Waals surface area (Å²) in [5, 5.41) is 6.05. The van der Waals surface area contributed by atoms with Crippen molar-refractivity contribution >= 4 is 21.7 Å². The molecule has 4 nitrogen and oxygen atoms in total. The van der Waals surface area contributed by atoms with Gasteiger partial charge >= 0.3 is 0 Å². The number of hydrogen-bond acceptors (Lipinski definition) is 3. The van der Waals surface area contributed by atoms with Gasteiger partial charge in [-0.1, -0.05) is 12.1 Å². The quantitative estimate of drug-likeness (QED) is 0.878. The van der Waals surface area contributed by atoms with Crippen molar-refractivity contribution < 1.29 is 9.18 Å². The van der Waals surface area contributed by atoms with Gasteiger partial charge in [-0.25, -0.2) is 9.37 Å². The average molecular weight is 284 g/mol. The van der Waals surface area contributed by atoms with Crippen molar-refractivity contribution in [3.63, 3.8) is 0 Å². The molecule has 0 saturated heterocycles. The van der Waals surface area contributed by atoms with Crippen LogP contribution in [0.25, 0.3) is 0 Å². The van der Waals surface area contributed by atoms with Gasteiger partial charge in [0, 0.05) is 6.42 Å². The first kappa shape index (κ1) is 10.9. The third-order valence-corrected chi connectivity index (χ3v) is 2.95. The summed E-state index contributed by atoms with van der Waals surface area (Å²) >= 11 is 3.10. The number of nitrogens with zero attached hydrogens (tertiary/aromatic N) is 2. The van der Waals surface area contributed by atoms with Gasteiger partial charge in [-0.05, 0) is 27.6 Å². The number of ketones is 1. The first-order valence-electron chi connectivity index (χ1n) is 4.50. The summed E-state index contributed by atoms with van der Waals surface area (Å²) in [6, 6.07) is 4.57. The number of aromatic amines is 1. The van der Waals surface area contributed by atoms with Crippen molar-refractivity contribution in [2.75, 3.05) is 0 Å². The van der Waals surface area contributed by atoms with Gasteiger partial charge in [-0.3, -0.25) is 9.89 Å². The lowest BCUT2D eigenvalue weighted by atomic mass is 10.1. The minimum Gasteiger partial charge on any atom is -0.290 e. The number of hydrogen-bond donors (Lipinski definition) is 1. The molecule has 1 aromatic heterocycles. The van der Waals surface area contributed by atoms with Gasteiger partial charge < -0.3 is 0 Å². The minimum atomic E-state index is -0.386. The van der Waals surface area contributed by atoms with E-state index in [1.54, 1.807) is 12.1 Å². The van der Waals surface area contributed by atoms with E-state index in [9.17, 15) is 9.18 Å². The number of H-pyrrole nitrogens is 1. The van der Waals surface area contributed by atoms with Gasteiger partial charge in [-0.15, -0.1) is 0 Å². The second-order valence-electron chi connectivity index (χ2n) is 3.15. The lowest BCUT2D eigenvalue weighted by Crippen LogP contribution is -2.06. The van der Waals surface area contributed by atoms with Crippen LogP contribution >= 0.6 is 15.9 Å². The lowest BCUT2D eigenvalue weighted by Gasteiger charge is -2.02. The Morgan fingerprint density at radius 3 is 3.00 bits per heavy atom. The molecule has 1 N–H and O–H groups in total. The standard InChI is InChI=1S/C10H7BrFN3O/c11-9-6(2-1-3-7(9)12)4-8(16)10-13-5-14-15-10/h1-3,5H,4H2,(H,13,14,15). The lowest BCUT2D eigenvalue weighted by molar-refractivity contribution is 0.0983. The molecule has 2 aromatic rings. The number of carbonyl (C=O) groups is 1. The maximum Gasteiger partial charge on any atom is 0.203 e. The molecule has 0 atom stereocenters. The molecule has 0 amide bonds. The predicted molar refractivity (Wildman–Crippen MR) is 58.5 cm³/mol. The van der Waals surface area contributed by atoms with Crippen LogP contribution in [0.15, 0.2) is 29.0 Å². The first-order chi connectivity index (χ1) is 7.68. The van der Waals surface area contributed by atoms with Gasteiger partial charge in [-0.2, -0.15) is 5.10 Å². The Labute approximate surface area is 99.0 Å². The van der Waals surface area contributed by atoms with Gasteiger partial charge in [0.05, 0.1) is 4.47 Å². The fourth-order valence-corrected chi connectivity index (χ4v) is 1.69. The van der Waals surface area contributed by atoms with E-state index in [2.05, 4.69) is 31.1 Å². The van der Waals surface area contributed by atoms with Crippen molar-refractivity contribution in [2.45, 2.75) is 6.42 Å². The number of Topliss-reactive ketones (excluding diaryl/α,β-unsaturated/α-hetero) is 1. The first-order valence-corrected chi connectivity index (χ1v) is 5.29. The van der Waals surface area contributed by atoms with Crippen molar-refractivity contribution in [3.05, 3.63) is 46.2 Å². The monoisotopic (exact) mass is 283 g/mol. The van der Waals surface area contributed by atoms with Crippen LogP contribution in [0.5, 0.6) is 0 Å². The second kappa shape index (κ2) is 4.52. The average Bonchev–Trinajstić information content (AvgIpc) is 2.78. The van der Waals surface area contributed by atoms with Crippen LogP contribution in [0.1, 0.15) is 16.2 Å². The molecule has 0 fully saturated rings. The number of benzene rings is 1. The summed E-state index contributed by atoms with van der Waals surface area (Å²) in [6.45, 7) is 0. The molecule has 0 bridgehead atoms. The van der Waals surface area contributed by atoms with Crippen LogP contribution < -0.4 is 0 Å². The van der Waals surface area contributed by atoms with Gasteiger partial charge in [0.15, 0.2) is 5.82 Å². The van der Waals surface area contributed by atoms with Crippen molar-refractivity contribution in [1.82, 2.24) is 15.2 Å². The number of rotatable bonds is 3. The molecule has 0 aliphatic heterocycles. The highest BCUT2D eigenvalue weighted by atomic mass is 79.9. The Bertz CT molecular complexity index is 513. The summed E-state index contributed by atoms with van der Waals surface area (Å²) in [4.78, 5) is 15.4. The molecule has 2 rings (SSSR count). The molecule has 0 spiro atoms. The zero-order valence-electron chi connectivity index (χ0n) is 8.08. The fraction of sp³-hybridized carbons (Fsp3) is 0.100. The van der Waals surface area contributed by atoms with E-state index in [4.69, 9.17) is 0 Å². The van der Waals surface area contributed by atoms with Crippen LogP contribution in [0, 0.1) is 5.82 Å². The summed E-state index contributed by atoms with van der Waals surface area (Å²) in [5.41, 5.74) is 0.585. The smallest absolute Gasteiger partial charge is 0.203 e. The van der Waals surface area contributed by atoms with E-state index in [1.807, 2.05) is 0 Å². The molecular weight excluding hydrogens is 277 g/mol. The summed E-state index contributed by atoms with van der Waals surface area (Å²) in [7, 11) is 0. The third-order valence-electron chi connectivity index (χ3n) is 2.06. The highest BCUT2D eigenvalue weighted by Gasteiger charge is 2.13. The Hall–Kier alpha value is -1.56. The third kappa shape index (κ3) is 2.16. The summed E-state index contributed by atoms with van der Waals surface area (Å²) in [6.07, 6.45) is 1.33. The molecule has 0 unspecified atom stereocenters. The van der Waals surface area contributed by atoms with E-state index < -0.39 is 0 Å². The number of nitrogens with one attached hydrogen (secondary N) is 1. The maximum absolute atomic E-state index is 13.2. The Kier molecular flexibility index (Phi) is 3.09. The van der Waals surface area contributed by atoms with Crippen molar-refractivity contribution in [1.29, 1.82) is 0 Å². The van der Waals surface area contributed by atoms with E-state index in [-0.39, 0.29) is 23.8 Å². The van der Waals surface area contributed by atoms with Crippen LogP contribution in [-0.2, 0) is 6.42 Å². The Morgan fingerprint density at radius 1 is 1.50 bits per heavy atom. The van der Waals surface area contributed by atoms with Gasteiger partial charge in [0.2, 0.25) is 5.78 Å². The van der Waals surface area contributed by atoms with E-state index >= 15 is 0 Å². The van der Waals surface area contributed by atoms with Crippen molar-refractivity contribution in [2.24, 2.45) is 0 Å². The summed E-state index contributed by atoms with van der Waals surface area (Å²) < 4.78 is 13.5. The molecule has 6 heteroatoms. The van der Waals surface area contributed by atoms with Crippen LogP contribution in [0.2, 0.25) is 0 Å². The van der Waals surface area contributed by atoms with Crippen LogP contribution in [0.3, 0.4) is 0 Å². The molecule has 0 radical (unpaired) electrons. The second-order valence-corrected chi connectivity index (χ2v) is 3.94. The molecule has 82 valence electrons. The highest BCUT2D eigenvalue weighted by Crippen LogP contribution is 2.21. The number of halogens is 2. The van der Waals surface area contributed by atoms with E-state index in [0.29, 0.717) is 10.0 Å². The number of carbonyl (C=O) groups excluding carboxylic acids is 1. The molecule has 0 aliphatic rings. The zero-order valence-corrected chi connectivity index (χ0v) is 9.66. The predicted octanol–water partition coefficient (Wildman–Crippen LogP) is 2.13. The fourth-order valence-electron chi connectivity index (χ4n) is 1.28. The molecule has 1 heterocycles. The normalized spacial score (nSPS) is 10.4. The topological polar surface area (TPSA) is 58.6 Å². The van der Waals surface area contributed by atoms with E-state index in [1.165, 1.54) is 12.4 Å². The molecule has 16 heavy (non-hydrogen) atoms. The number of aromatic nitrogens is 3. The highest BCUT2D eigenvalue weighted by molar-refractivity contribution is 9.10. The molecule has 1 aromatic carbocycles. The van der Waals surface area contributed by atoms with E-state index in [0.717, 1.165) is 0 Å². The van der Waals surface area contributed by atoms with Crippen molar-refractivity contribution in [3.8, 4) is 0 Å². The summed E-state index contributed by atoms with van der Waals surface area (Å²) in [5.74, 6) is -0.442. The molecule has 0 aliphatic carbocycles. The van der Waals surface area contributed by atoms with Gasteiger partial charge in [0.1, 0.15) is 12.1 Å². The zero-order chi connectivity index (χ0) is 11.5. The Morgan fingerprint density at radius 2 is 2.31 bits per heavy atom. The van der Waals surface area contributed by atoms with Crippen LogP contribution in [-0.4, -0.2) is 21.0 Å². The minimum absolute atomic E-state index is 0.0769. The SMILES string of the molecule is O=C(Cc1cccc(F)c1Br)c1ncn[nH]1. The van der Waals surface area contributed by atoms with Gasteiger partial charge in [0.25, 0.3) is 0 Å². The largest absolute Gasteiger partial charge is 0.290 e. The molecular formula is C10H7BrFN3O.